The van der Waals surface area contributed by atoms with E-state index >= 15 is 0 Å². The van der Waals surface area contributed by atoms with Gasteiger partial charge in [0, 0.05) is 10.6 Å². The number of ether oxygens (including phenoxy) is 2. The van der Waals surface area contributed by atoms with Crippen molar-refractivity contribution in [2.75, 3.05) is 0 Å². The van der Waals surface area contributed by atoms with Crippen LogP contribution in [0.5, 0.6) is 11.5 Å². The van der Waals surface area contributed by atoms with E-state index in [4.69, 9.17) is 21.1 Å². The van der Waals surface area contributed by atoms with E-state index < -0.39 is 0 Å². The van der Waals surface area contributed by atoms with Gasteiger partial charge in [0.1, 0.15) is 19.5 Å². The summed E-state index contributed by atoms with van der Waals surface area (Å²) < 4.78 is 11.8. The van der Waals surface area contributed by atoms with Crippen molar-refractivity contribution < 1.29 is 14.3 Å². The van der Waals surface area contributed by atoms with Crippen LogP contribution < -0.4 is 9.47 Å². The van der Waals surface area contributed by atoms with Gasteiger partial charge < -0.3 is 9.47 Å². The van der Waals surface area contributed by atoms with Gasteiger partial charge in [0.05, 0.1) is 0 Å². The third kappa shape index (κ3) is 4.87. The van der Waals surface area contributed by atoms with Gasteiger partial charge in [-0.3, -0.25) is 4.79 Å². The summed E-state index contributed by atoms with van der Waals surface area (Å²) in [5, 5.41) is 0.679. The van der Waals surface area contributed by atoms with Crippen LogP contribution in [0.2, 0.25) is 5.02 Å². The van der Waals surface area contributed by atoms with E-state index in [1.54, 1.807) is 18.2 Å². The Morgan fingerprint density at radius 3 is 2.00 bits per heavy atom. The number of carbonyl (C=O) groups excluding carboxylic acids is 1. The Bertz CT molecular complexity index is 871. The Labute approximate surface area is 158 Å². The number of hydrogen-bond acceptors (Lipinski definition) is 3. The Hall–Kier alpha value is -2.78. The predicted molar refractivity (Wildman–Crippen MR) is 103 cm³/mol. The minimum atomic E-state index is 0.361. The van der Waals surface area contributed by atoms with E-state index in [1.165, 1.54) is 5.56 Å². The van der Waals surface area contributed by atoms with Crippen LogP contribution >= 0.6 is 11.6 Å². The SMILES string of the molecule is Cc1ccc(COc2ccc(C=O)cc2OCc2ccc(Cl)cc2)cc1. The highest BCUT2D eigenvalue weighted by Gasteiger charge is 2.08. The van der Waals surface area contributed by atoms with E-state index in [0.29, 0.717) is 35.3 Å². The first kappa shape index (κ1) is 18.0. The Kier molecular flexibility index (Phi) is 5.92. The fraction of sp³-hybridized carbons (Fsp3) is 0.136. The molecular formula is C22H19ClO3. The average Bonchev–Trinajstić information content (AvgIpc) is 2.67. The second-order valence-corrected chi connectivity index (χ2v) is 6.45. The largest absolute Gasteiger partial charge is 0.485 e. The molecule has 26 heavy (non-hydrogen) atoms. The maximum atomic E-state index is 11.1. The summed E-state index contributed by atoms with van der Waals surface area (Å²) in [4.78, 5) is 11.1. The van der Waals surface area contributed by atoms with Gasteiger partial charge in [-0.25, -0.2) is 0 Å². The van der Waals surface area contributed by atoms with Crippen molar-refractivity contribution in [2.45, 2.75) is 20.1 Å². The Morgan fingerprint density at radius 1 is 0.808 bits per heavy atom. The zero-order chi connectivity index (χ0) is 18.4. The number of aryl methyl sites for hydroxylation is 1. The molecule has 0 bridgehead atoms. The molecule has 3 aromatic carbocycles. The molecule has 0 fully saturated rings. The highest BCUT2D eigenvalue weighted by atomic mass is 35.5. The summed E-state index contributed by atoms with van der Waals surface area (Å²) in [5.41, 5.74) is 3.80. The van der Waals surface area contributed by atoms with E-state index in [0.717, 1.165) is 17.4 Å². The first-order chi connectivity index (χ1) is 12.6. The van der Waals surface area contributed by atoms with Gasteiger partial charge in [-0.05, 0) is 48.4 Å². The molecule has 0 aliphatic heterocycles. The Balaban J connectivity index is 1.72. The molecule has 132 valence electrons. The van der Waals surface area contributed by atoms with Crippen LogP contribution in [0.25, 0.3) is 0 Å². The van der Waals surface area contributed by atoms with Crippen LogP contribution in [0.1, 0.15) is 27.0 Å². The van der Waals surface area contributed by atoms with Crippen molar-refractivity contribution in [3.05, 3.63) is 94.0 Å². The van der Waals surface area contributed by atoms with Crippen molar-refractivity contribution in [1.82, 2.24) is 0 Å². The van der Waals surface area contributed by atoms with Crippen LogP contribution in [0.4, 0.5) is 0 Å². The summed E-state index contributed by atoms with van der Waals surface area (Å²) in [7, 11) is 0. The molecule has 0 atom stereocenters. The first-order valence-corrected chi connectivity index (χ1v) is 8.66. The van der Waals surface area contributed by atoms with E-state index in [-0.39, 0.29) is 0 Å². The second kappa shape index (κ2) is 8.54. The Morgan fingerprint density at radius 2 is 1.38 bits per heavy atom. The number of rotatable bonds is 7. The summed E-state index contributed by atoms with van der Waals surface area (Å²) in [6.45, 7) is 2.84. The van der Waals surface area contributed by atoms with E-state index in [9.17, 15) is 4.79 Å². The molecule has 0 N–H and O–H groups in total. The monoisotopic (exact) mass is 366 g/mol. The van der Waals surface area contributed by atoms with Crippen LogP contribution in [-0.4, -0.2) is 6.29 Å². The highest BCUT2D eigenvalue weighted by molar-refractivity contribution is 6.30. The van der Waals surface area contributed by atoms with Crippen molar-refractivity contribution >= 4 is 17.9 Å². The number of carbonyl (C=O) groups is 1. The van der Waals surface area contributed by atoms with Gasteiger partial charge in [0.25, 0.3) is 0 Å². The molecule has 0 aliphatic carbocycles. The van der Waals surface area contributed by atoms with Crippen molar-refractivity contribution in [1.29, 1.82) is 0 Å². The van der Waals surface area contributed by atoms with Crippen molar-refractivity contribution in [2.24, 2.45) is 0 Å². The van der Waals surface area contributed by atoms with Crippen LogP contribution in [0.3, 0.4) is 0 Å². The predicted octanol–water partition coefficient (Wildman–Crippen LogP) is 5.62. The van der Waals surface area contributed by atoms with Gasteiger partial charge in [-0.2, -0.15) is 0 Å². The van der Waals surface area contributed by atoms with Gasteiger partial charge in [-0.1, -0.05) is 53.6 Å². The molecule has 0 unspecified atom stereocenters. The molecule has 4 heteroatoms. The van der Waals surface area contributed by atoms with Crippen LogP contribution in [-0.2, 0) is 13.2 Å². The zero-order valence-electron chi connectivity index (χ0n) is 14.4. The third-order valence-corrected chi connectivity index (χ3v) is 4.18. The van der Waals surface area contributed by atoms with Gasteiger partial charge in [0.2, 0.25) is 0 Å². The molecule has 3 nitrogen and oxygen atoms in total. The molecular weight excluding hydrogens is 348 g/mol. The lowest BCUT2D eigenvalue weighted by Gasteiger charge is -2.14. The normalized spacial score (nSPS) is 10.4. The number of halogens is 1. The van der Waals surface area contributed by atoms with Crippen LogP contribution in [0, 0.1) is 6.92 Å². The molecule has 0 spiro atoms. The lowest BCUT2D eigenvalue weighted by molar-refractivity contribution is 0.112. The standard InChI is InChI=1S/C22H19ClO3/c1-16-2-4-17(5-3-16)14-25-21-11-8-19(13-24)12-22(21)26-15-18-6-9-20(23)10-7-18/h2-13H,14-15H2,1H3. The fourth-order valence-electron chi connectivity index (χ4n) is 2.42. The number of hydrogen-bond donors (Lipinski definition) is 0. The highest BCUT2D eigenvalue weighted by Crippen LogP contribution is 2.30. The smallest absolute Gasteiger partial charge is 0.162 e. The molecule has 0 saturated heterocycles. The fourth-order valence-corrected chi connectivity index (χ4v) is 2.54. The first-order valence-electron chi connectivity index (χ1n) is 8.29. The summed E-state index contributed by atoms with van der Waals surface area (Å²) >= 11 is 5.90. The quantitative estimate of drug-likeness (QED) is 0.509. The van der Waals surface area contributed by atoms with Gasteiger partial charge in [-0.15, -0.1) is 0 Å². The maximum Gasteiger partial charge on any atom is 0.162 e. The molecule has 0 aromatic heterocycles. The average molecular weight is 367 g/mol. The molecule has 0 amide bonds. The molecule has 3 aromatic rings. The minimum Gasteiger partial charge on any atom is -0.485 e. The minimum absolute atomic E-state index is 0.361. The second-order valence-electron chi connectivity index (χ2n) is 6.01. The molecule has 0 heterocycles. The lowest BCUT2D eigenvalue weighted by Crippen LogP contribution is -2.01. The lowest BCUT2D eigenvalue weighted by atomic mass is 10.1. The summed E-state index contributed by atoms with van der Waals surface area (Å²) in [6, 6.07) is 20.8. The van der Waals surface area contributed by atoms with Gasteiger partial charge in [0.15, 0.2) is 11.5 Å². The molecule has 0 radical (unpaired) electrons. The molecule has 0 saturated carbocycles. The number of benzene rings is 3. The van der Waals surface area contributed by atoms with Gasteiger partial charge >= 0.3 is 0 Å². The maximum absolute atomic E-state index is 11.1. The zero-order valence-corrected chi connectivity index (χ0v) is 15.2. The van der Waals surface area contributed by atoms with Crippen molar-refractivity contribution in [3.63, 3.8) is 0 Å². The topological polar surface area (TPSA) is 35.5 Å². The third-order valence-electron chi connectivity index (χ3n) is 3.93. The van der Waals surface area contributed by atoms with Crippen LogP contribution in [0.15, 0.2) is 66.7 Å². The molecule has 0 aliphatic rings. The molecule has 3 rings (SSSR count). The summed E-state index contributed by atoms with van der Waals surface area (Å²) in [6.07, 6.45) is 0.791. The van der Waals surface area contributed by atoms with E-state index in [1.807, 2.05) is 55.5 Å². The van der Waals surface area contributed by atoms with Crippen molar-refractivity contribution in [3.8, 4) is 11.5 Å². The number of aldehydes is 1. The summed E-state index contributed by atoms with van der Waals surface area (Å²) in [5.74, 6) is 1.14. The van der Waals surface area contributed by atoms with E-state index in [2.05, 4.69) is 0 Å².